The van der Waals surface area contributed by atoms with Gasteiger partial charge in [-0.25, -0.2) is 0 Å². The fourth-order valence-corrected chi connectivity index (χ4v) is 3.88. The Kier molecular flexibility index (Phi) is 2.53. The molecule has 2 aliphatic carbocycles. The average molecular weight is 231 g/mol. The van der Waals surface area contributed by atoms with Gasteiger partial charge in [0.2, 0.25) is 0 Å². The summed E-state index contributed by atoms with van der Waals surface area (Å²) in [4.78, 5) is 0. The molecular formula is C15H21NO. The molecular weight excluding hydrogens is 210 g/mol. The van der Waals surface area contributed by atoms with E-state index in [9.17, 15) is 5.11 Å². The molecule has 17 heavy (non-hydrogen) atoms. The van der Waals surface area contributed by atoms with Gasteiger partial charge in [0.1, 0.15) is 0 Å². The molecule has 0 unspecified atom stereocenters. The second-order valence-electron chi connectivity index (χ2n) is 5.85. The first-order valence-corrected chi connectivity index (χ1v) is 6.68. The highest BCUT2D eigenvalue weighted by atomic mass is 16.3. The van der Waals surface area contributed by atoms with Gasteiger partial charge in [-0.05, 0) is 24.0 Å². The van der Waals surface area contributed by atoms with Crippen molar-refractivity contribution in [3.63, 3.8) is 0 Å². The van der Waals surface area contributed by atoms with E-state index in [-0.39, 0.29) is 5.41 Å². The lowest BCUT2D eigenvalue weighted by atomic mass is 9.68. The van der Waals surface area contributed by atoms with Crippen LogP contribution in [0.2, 0.25) is 0 Å². The fraction of sp³-hybridized carbons (Fsp3) is 0.600. The SMILES string of the molecule is NCC1(C2(O)Cc3ccccc3C2)CCCC1. The molecule has 0 radical (unpaired) electrons. The van der Waals surface area contributed by atoms with Crippen LogP contribution in [0.4, 0.5) is 0 Å². The number of nitrogens with two attached hydrogens (primary N) is 1. The van der Waals surface area contributed by atoms with Crippen LogP contribution in [0.15, 0.2) is 24.3 Å². The Bertz CT molecular complexity index is 396. The molecule has 0 spiro atoms. The van der Waals surface area contributed by atoms with Crippen molar-refractivity contribution in [1.82, 2.24) is 0 Å². The highest BCUT2D eigenvalue weighted by Gasteiger charge is 2.53. The van der Waals surface area contributed by atoms with Crippen molar-refractivity contribution >= 4 is 0 Å². The van der Waals surface area contributed by atoms with E-state index in [0.29, 0.717) is 6.54 Å². The second kappa shape index (κ2) is 3.82. The summed E-state index contributed by atoms with van der Waals surface area (Å²) in [7, 11) is 0. The minimum Gasteiger partial charge on any atom is -0.389 e. The van der Waals surface area contributed by atoms with Crippen LogP contribution >= 0.6 is 0 Å². The summed E-state index contributed by atoms with van der Waals surface area (Å²) in [5.41, 5.74) is 8.01. The lowest BCUT2D eigenvalue weighted by molar-refractivity contribution is -0.0699. The van der Waals surface area contributed by atoms with E-state index in [0.717, 1.165) is 25.7 Å². The van der Waals surface area contributed by atoms with E-state index in [2.05, 4.69) is 24.3 Å². The molecule has 1 saturated carbocycles. The lowest BCUT2D eigenvalue weighted by Gasteiger charge is -2.42. The van der Waals surface area contributed by atoms with Crippen molar-refractivity contribution in [3.05, 3.63) is 35.4 Å². The normalized spacial score (nSPS) is 24.8. The fourth-order valence-electron chi connectivity index (χ4n) is 3.88. The van der Waals surface area contributed by atoms with E-state index in [1.54, 1.807) is 0 Å². The Morgan fingerprint density at radius 2 is 1.59 bits per heavy atom. The molecule has 92 valence electrons. The van der Waals surface area contributed by atoms with Gasteiger partial charge >= 0.3 is 0 Å². The molecule has 3 rings (SSSR count). The molecule has 2 nitrogen and oxygen atoms in total. The van der Waals surface area contributed by atoms with E-state index in [4.69, 9.17) is 5.73 Å². The molecule has 0 aliphatic heterocycles. The number of aliphatic hydroxyl groups is 1. The predicted molar refractivity (Wildman–Crippen MR) is 68.8 cm³/mol. The zero-order valence-electron chi connectivity index (χ0n) is 10.3. The van der Waals surface area contributed by atoms with Crippen LogP contribution in [-0.2, 0) is 12.8 Å². The third kappa shape index (κ3) is 1.54. The molecule has 0 atom stereocenters. The third-order valence-electron chi connectivity index (χ3n) is 5.02. The molecule has 2 aliphatic rings. The van der Waals surface area contributed by atoms with E-state index >= 15 is 0 Å². The second-order valence-corrected chi connectivity index (χ2v) is 5.85. The van der Waals surface area contributed by atoms with Gasteiger partial charge in [0.15, 0.2) is 0 Å². The predicted octanol–water partition coefficient (Wildman–Crippen LogP) is 2.04. The van der Waals surface area contributed by atoms with Crippen LogP contribution in [0.1, 0.15) is 36.8 Å². The summed E-state index contributed by atoms with van der Waals surface area (Å²) in [6.45, 7) is 0.623. The van der Waals surface area contributed by atoms with Crippen molar-refractivity contribution in [2.45, 2.75) is 44.1 Å². The molecule has 0 aromatic heterocycles. The van der Waals surface area contributed by atoms with Crippen LogP contribution in [-0.4, -0.2) is 17.3 Å². The maximum absolute atomic E-state index is 11.1. The first kappa shape index (κ1) is 11.2. The molecule has 1 fully saturated rings. The first-order valence-electron chi connectivity index (χ1n) is 6.68. The zero-order valence-corrected chi connectivity index (χ0v) is 10.3. The van der Waals surface area contributed by atoms with Gasteiger partial charge in [-0.15, -0.1) is 0 Å². The maximum Gasteiger partial charge on any atom is 0.0796 e. The lowest BCUT2D eigenvalue weighted by Crippen LogP contribution is -2.52. The Balaban J connectivity index is 1.95. The minimum absolute atomic E-state index is 0.0357. The highest BCUT2D eigenvalue weighted by molar-refractivity contribution is 5.37. The van der Waals surface area contributed by atoms with Gasteiger partial charge in [-0.3, -0.25) is 0 Å². The van der Waals surface area contributed by atoms with Crippen LogP contribution in [0, 0.1) is 5.41 Å². The van der Waals surface area contributed by atoms with Crippen LogP contribution in [0.25, 0.3) is 0 Å². The average Bonchev–Trinajstić information content (AvgIpc) is 2.93. The Hall–Kier alpha value is -0.860. The monoisotopic (exact) mass is 231 g/mol. The summed E-state index contributed by atoms with van der Waals surface area (Å²) < 4.78 is 0. The first-order chi connectivity index (χ1) is 8.19. The van der Waals surface area contributed by atoms with E-state index in [1.165, 1.54) is 24.0 Å². The van der Waals surface area contributed by atoms with Crippen molar-refractivity contribution in [3.8, 4) is 0 Å². The number of hydrogen-bond donors (Lipinski definition) is 2. The van der Waals surface area contributed by atoms with Gasteiger partial charge in [0, 0.05) is 24.8 Å². The molecule has 0 saturated heterocycles. The third-order valence-corrected chi connectivity index (χ3v) is 5.02. The molecule has 1 aromatic rings. The Labute approximate surface area is 103 Å². The Morgan fingerprint density at radius 1 is 1.06 bits per heavy atom. The molecule has 3 N–H and O–H groups in total. The van der Waals surface area contributed by atoms with Crippen LogP contribution in [0.5, 0.6) is 0 Å². The molecule has 0 amide bonds. The van der Waals surface area contributed by atoms with Crippen molar-refractivity contribution in [1.29, 1.82) is 0 Å². The summed E-state index contributed by atoms with van der Waals surface area (Å²) in [6, 6.07) is 8.42. The number of fused-ring (bicyclic) bond motifs is 1. The van der Waals surface area contributed by atoms with Crippen molar-refractivity contribution in [2.24, 2.45) is 11.1 Å². The number of benzene rings is 1. The standard InChI is InChI=1S/C15H21NO/c16-11-14(7-3-4-8-14)15(17)9-12-5-1-2-6-13(12)10-15/h1-2,5-6,17H,3-4,7-11,16H2. The summed E-state index contributed by atoms with van der Waals surface area (Å²) >= 11 is 0. The quantitative estimate of drug-likeness (QED) is 0.818. The summed E-state index contributed by atoms with van der Waals surface area (Å²) in [5, 5.41) is 11.1. The van der Waals surface area contributed by atoms with Crippen molar-refractivity contribution < 1.29 is 5.11 Å². The molecule has 0 bridgehead atoms. The topological polar surface area (TPSA) is 46.2 Å². The Morgan fingerprint density at radius 3 is 2.06 bits per heavy atom. The van der Waals surface area contributed by atoms with Gasteiger partial charge in [0.05, 0.1) is 5.60 Å². The molecule has 1 aromatic carbocycles. The van der Waals surface area contributed by atoms with Crippen molar-refractivity contribution in [2.75, 3.05) is 6.54 Å². The van der Waals surface area contributed by atoms with Gasteiger partial charge in [-0.1, -0.05) is 37.1 Å². The maximum atomic E-state index is 11.1. The largest absolute Gasteiger partial charge is 0.389 e. The zero-order chi connectivity index (χ0) is 11.9. The van der Waals surface area contributed by atoms with Crippen LogP contribution < -0.4 is 5.73 Å². The summed E-state index contributed by atoms with van der Waals surface area (Å²) in [5.74, 6) is 0. The minimum atomic E-state index is -0.595. The van der Waals surface area contributed by atoms with Crippen LogP contribution in [0.3, 0.4) is 0 Å². The molecule has 2 heteroatoms. The number of hydrogen-bond acceptors (Lipinski definition) is 2. The van der Waals surface area contributed by atoms with Gasteiger partial charge in [-0.2, -0.15) is 0 Å². The smallest absolute Gasteiger partial charge is 0.0796 e. The number of rotatable bonds is 2. The molecule has 0 heterocycles. The van der Waals surface area contributed by atoms with Gasteiger partial charge < -0.3 is 10.8 Å². The summed E-state index contributed by atoms with van der Waals surface area (Å²) in [6.07, 6.45) is 6.20. The highest BCUT2D eigenvalue weighted by Crippen LogP contribution is 2.51. The van der Waals surface area contributed by atoms with E-state index in [1.807, 2.05) is 0 Å². The van der Waals surface area contributed by atoms with Gasteiger partial charge in [0.25, 0.3) is 0 Å². The van der Waals surface area contributed by atoms with E-state index < -0.39 is 5.60 Å².